The molecule has 0 saturated heterocycles. The lowest BCUT2D eigenvalue weighted by Gasteiger charge is -2.19. The summed E-state index contributed by atoms with van der Waals surface area (Å²) in [6.45, 7) is 0. The van der Waals surface area contributed by atoms with E-state index in [9.17, 15) is 0 Å². The summed E-state index contributed by atoms with van der Waals surface area (Å²) in [7, 11) is 0. The third kappa shape index (κ3) is 4.94. The van der Waals surface area contributed by atoms with E-state index in [-0.39, 0.29) is 0 Å². The van der Waals surface area contributed by atoms with Crippen molar-refractivity contribution in [2.45, 2.75) is 0 Å². The molecule has 1 heterocycles. The van der Waals surface area contributed by atoms with E-state index in [2.05, 4.69) is 188 Å². The van der Waals surface area contributed by atoms with Crippen molar-refractivity contribution in [3.8, 4) is 55.6 Å². The van der Waals surface area contributed by atoms with Crippen LogP contribution in [0.3, 0.4) is 0 Å². The van der Waals surface area contributed by atoms with Gasteiger partial charge in [0, 0.05) is 16.3 Å². The number of hydrogen-bond donors (Lipinski definition) is 0. The molecule has 8 aromatic carbocycles. The number of hydrogen-bond acceptors (Lipinski definition) is 1. The molecule has 1 aromatic heterocycles. The first-order valence-electron chi connectivity index (χ1n) is 16.5. The predicted molar refractivity (Wildman–Crippen MR) is 204 cm³/mol. The maximum atomic E-state index is 5.21. The average molecular weight is 610 g/mol. The number of rotatable bonds is 5. The topological polar surface area (TPSA) is 12.9 Å². The lowest BCUT2D eigenvalue weighted by Crippen LogP contribution is -1.93. The maximum absolute atomic E-state index is 5.21. The Hall–Kier alpha value is -6.31. The van der Waals surface area contributed by atoms with Crippen LogP contribution in [0.5, 0.6) is 0 Å². The van der Waals surface area contributed by atoms with Crippen molar-refractivity contribution in [2.75, 3.05) is 0 Å². The fourth-order valence-corrected chi connectivity index (χ4v) is 7.10. The Bertz CT molecular complexity index is 2510. The zero-order valence-electron chi connectivity index (χ0n) is 26.3. The number of para-hydroxylation sites is 1. The number of pyridine rings is 1. The van der Waals surface area contributed by atoms with Gasteiger partial charge in [0.2, 0.25) is 0 Å². The van der Waals surface area contributed by atoms with Crippen LogP contribution in [0.25, 0.3) is 88.2 Å². The molecule has 0 unspecified atom stereocenters. The third-order valence-corrected chi connectivity index (χ3v) is 9.43. The molecular weight excluding hydrogens is 579 g/mol. The highest BCUT2D eigenvalue weighted by Gasteiger charge is 2.18. The standard InChI is InChI=1S/C47H31N/c1-4-14-33(15-5-1)41-30-39(31-42(34-16-6-2-7-17-34)46(41)36-18-8-3-9-19-36)32-24-26-35(27-25-32)43-28-37-20-10-12-22-40(37)44-29-38-21-11-13-23-45(38)48-47(43)44/h1-31H. The van der Waals surface area contributed by atoms with Crippen LogP contribution >= 0.6 is 0 Å². The molecule has 0 saturated carbocycles. The van der Waals surface area contributed by atoms with E-state index in [1.165, 1.54) is 60.7 Å². The van der Waals surface area contributed by atoms with Crippen LogP contribution in [0.2, 0.25) is 0 Å². The molecule has 0 bridgehead atoms. The lowest BCUT2D eigenvalue weighted by atomic mass is 9.84. The van der Waals surface area contributed by atoms with E-state index in [1.807, 2.05) is 0 Å². The fourth-order valence-electron chi connectivity index (χ4n) is 7.10. The van der Waals surface area contributed by atoms with Crippen molar-refractivity contribution >= 4 is 32.6 Å². The number of aromatic nitrogens is 1. The van der Waals surface area contributed by atoms with Crippen LogP contribution in [-0.2, 0) is 0 Å². The normalized spacial score (nSPS) is 11.3. The van der Waals surface area contributed by atoms with Gasteiger partial charge in [-0.25, -0.2) is 4.98 Å². The third-order valence-electron chi connectivity index (χ3n) is 9.43. The largest absolute Gasteiger partial charge is 0.247 e. The van der Waals surface area contributed by atoms with E-state index in [1.54, 1.807) is 0 Å². The number of fused-ring (bicyclic) bond motifs is 4. The van der Waals surface area contributed by atoms with Crippen molar-refractivity contribution in [2.24, 2.45) is 0 Å². The van der Waals surface area contributed by atoms with Crippen LogP contribution in [0, 0.1) is 0 Å². The average Bonchev–Trinajstić information content (AvgIpc) is 3.17. The van der Waals surface area contributed by atoms with Crippen molar-refractivity contribution in [1.82, 2.24) is 4.98 Å². The van der Waals surface area contributed by atoms with Crippen LogP contribution in [0.4, 0.5) is 0 Å². The Balaban J connectivity index is 1.24. The van der Waals surface area contributed by atoms with Gasteiger partial charge >= 0.3 is 0 Å². The lowest BCUT2D eigenvalue weighted by molar-refractivity contribution is 1.50. The molecule has 1 heteroatoms. The van der Waals surface area contributed by atoms with Crippen molar-refractivity contribution in [3.05, 3.63) is 188 Å². The second kappa shape index (κ2) is 11.8. The van der Waals surface area contributed by atoms with Crippen LogP contribution < -0.4 is 0 Å². The molecule has 0 atom stereocenters. The molecule has 0 spiro atoms. The van der Waals surface area contributed by atoms with E-state index in [4.69, 9.17) is 4.98 Å². The molecule has 0 N–H and O–H groups in total. The van der Waals surface area contributed by atoms with Gasteiger partial charge in [0.25, 0.3) is 0 Å². The van der Waals surface area contributed by atoms with Gasteiger partial charge in [0.05, 0.1) is 11.0 Å². The monoisotopic (exact) mass is 609 g/mol. The number of benzene rings is 8. The molecule has 0 radical (unpaired) electrons. The van der Waals surface area contributed by atoms with Gasteiger partial charge in [-0.15, -0.1) is 0 Å². The predicted octanol–water partition coefficient (Wildman–Crippen LogP) is 12.9. The molecule has 0 aliphatic heterocycles. The van der Waals surface area contributed by atoms with E-state index in [0.29, 0.717) is 0 Å². The summed E-state index contributed by atoms with van der Waals surface area (Å²) in [5.41, 5.74) is 14.0. The Morgan fingerprint density at radius 3 is 1.44 bits per heavy atom. The molecule has 9 aromatic rings. The van der Waals surface area contributed by atoms with Crippen LogP contribution in [-0.4, -0.2) is 4.98 Å². The first kappa shape index (κ1) is 28.0. The summed E-state index contributed by atoms with van der Waals surface area (Å²) in [5.74, 6) is 0. The molecule has 0 aliphatic carbocycles. The summed E-state index contributed by atoms with van der Waals surface area (Å²) in [4.78, 5) is 5.21. The minimum atomic E-state index is 1.01. The molecule has 0 aliphatic rings. The van der Waals surface area contributed by atoms with Crippen molar-refractivity contribution < 1.29 is 0 Å². The van der Waals surface area contributed by atoms with E-state index < -0.39 is 0 Å². The van der Waals surface area contributed by atoms with E-state index in [0.717, 1.165) is 27.5 Å². The Labute approximate surface area is 280 Å². The zero-order chi connectivity index (χ0) is 31.9. The van der Waals surface area contributed by atoms with Gasteiger partial charge < -0.3 is 0 Å². The molecular formula is C47H31N. The Kier molecular flexibility index (Phi) is 6.87. The fraction of sp³-hybridized carbons (Fsp3) is 0. The highest BCUT2D eigenvalue weighted by atomic mass is 14.7. The first-order valence-corrected chi connectivity index (χ1v) is 16.5. The van der Waals surface area contributed by atoms with Gasteiger partial charge in [-0.2, -0.15) is 0 Å². The SMILES string of the molecule is c1ccc(-c2cc(-c3ccc(-c4cc5ccccc5c5cc6ccccc6nc45)cc3)cc(-c3ccccc3)c2-c2ccccc2)cc1. The van der Waals surface area contributed by atoms with Gasteiger partial charge in [-0.05, 0) is 91.2 Å². The summed E-state index contributed by atoms with van der Waals surface area (Å²) >= 11 is 0. The zero-order valence-corrected chi connectivity index (χ0v) is 26.3. The quantitative estimate of drug-likeness (QED) is 0.140. The maximum Gasteiger partial charge on any atom is 0.0794 e. The van der Waals surface area contributed by atoms with Crippen molar-refractivity contribution in [1.29, 1.82) is 0 Å². The summed E-state index contributed by atoms with van der Waals surface area (Å²) < 4.78 is 0. The molecule has 224 valence electrons. The molecule has 0 fully saturated rings. The molecule has 1 nitrogen and oxygen atoms in total. The van der Waals surface area contributed by atoms with Gasteiger partial charge in [-0.3, -0.25) is 0 Å². The summed E-state index contributed by atoms with van der Waals surface area (Å²) in [6, 6.07) is 67.7. The second-order valence-electron chi connectivity index (χ2n) is 12.3. The molecule has 0 amide bonds. The summed E-state index contributed by atoms with van der Waals surface area (Å²) in [5, 5.41) is 4.79. The van der Waals surface area contributed by atoms with Crippen LogP contribution in [0.15, 0.2) is 188 Å². The van der Waals surface area contributed by atoms with Gasteiger partial charge in [-0.1, -0.05) is 158 Å². The summed E-state index contributed by atoms with van der Waals surface area (Å²) in [6.07, 6.45) is 0. The highest BCUT2D eigenvalue weighted by molar-refractivity contribution is 6.15. The number of nitrogens with zero attached hydrogens (tertiary/aromatic N) is 1. The second-order valence-corrected chi connectivity index (χ2v) is 12.3. The Morgan fingerprint density at radius 1 is 0.292 bits per heavy atom. The minimum absolute atomic E-state index is 1.01. The van der Waals surface area contributed by atoms with Crippen LogP contribution in [0.1, 0.15) is 0 Å². The molecule has 48 heavy (non-hydrogen) atoms. The van der Waals surface area contributed by atoms with Crippen molar-refractivity contribution in [3.63, 3.8) is 0 Å². The smallest absolute Gasteiger partial charge is 0.0794 e. The first-order chi connectivity index (χ1) is 23.8. The van der Waals surface area contributed by atoms with E-state index >= 15 is 0 Å². The Morgan fingerprint density at radius 2 is 0.792 bits per heavy atom. The minimum Gasteiger partial charge on any atom is -0.247 e. The van der Waals surface area contributed by atoms with Gasteiger partial charge in [0.15, 0.2) is 0 Å². The molecule has 9 rings (SSSR count). The highest BCUT2D eigenvalue weighted by Crippen LogP contribution is 2.44. The van der Waals surface area contributed by atoms with Gasteiger partial charge in [0.1, 0.15) is 0 Å².